The first-order valence-electron chi connectivity index (χ1n) is 7.16. The molecule has 1 N–H and O–H groups in total. The zero-order valence-corrected chi connectivity index (χ0v) is 14.6. The summed E-state index contributed by atoms with van der Waals surface area (Å²) >= 11 is 12.0. The van der Waals surface area contributed by atoms with Crippen molar-refractivity contribution in [3.05, 3.63) is 38.4 Å². The average molecular weight is 375 g/mol. The lowest BCUT2D eigenvalue weighted by Gasteiger charge is -2.12. The molecule has 130 valence electrons. The Balaban J connectivity index is 1.82. The molecule has 9 nitrogen and oxygen atoms in total. The van der Waals surface area contributed by atoms with Crippen molar-refractivity contribution in [3.8, 4) is 0 Å². The number of halogens is 2. The minimum Gasteiger partial charge on any atom is -0.354 e. The summed E-state index contributed by atoms with van der Waals surface area (Å²) in [5.74, 6) is -0.284. The van der Waals surface area contributed by atoms with Crippen LogP contribution >= 0.6 is 23.2 Å². The van der Waals surface area contributed by atoms with E-state index in [2.05, 4.69) is 15.5 Å². The van der Waals surface area contributed by atoms with Crippen LogP contribution in [0.1, 0.15) is 25.1 Å². The lowest BCUT2D eigenvalue weighted by atomic mass is 10.3. The Morgan fingerprint density at radius 1 is 1.50 bits per heavy atom. The molecule has 0 aromatic carbocycles. The van der Waals surface area contributed by atoms with E-state index in [-0.39, 0.29) is 11.6 Å². The second kappa shape index (κ2) is 7.63. The van der Waals surface area contributed by atoms with E-state index in [1.165, 1.54) is 10.9 Å². The Hall–Kier alpha value is -2.13. The highest BCUT2D eigenvalue weighted by atomic mass is 35.5. The number of aromatic nitrogens is 4. The quantitative estimate of drug-likeness (QED) is 0.454. The molecule has 1 atom stereocenters. The lowest BCUT2D eigenvalue weighted by Crippen LogP contribution is -2.32. The van der Waals surface area contributed by atoms with Gasteiger partial charge in [-0.05, 0) is 20.3 Å². The van der Waals surface area contributed by atoms with Crippen LogP contribution in [0.3, 0.4) is 0 Å². The van der Waals surface area contributed by atoms with Crippen molar-refractivity contribution >= 4 is 34.8 Å². The number of carbonyl (C=O) groups excluding carboxylic acids is 1. The van der Waals surface area contributed by atoms with Gasteiger partial charge >= 0.3 is 5.69 Å². The van der Waals surface area contributed by atoms with E-state index in [4.69, 9.17) is 23.2 Å². The van der Waals surface area contributed by atoms with Gasteiger partial charge in [0.1, 0.15) is 28.6 Å². The number of nitro groups is 1. The Morgan fingerprint density at radius 3 is 2.75 bits per heavy atom. The molecule has 11 heteroatoms. The fraction of sp³-hybridized carbons (Fsp3) is 0.462. The van der Waals surface area contributed by atoms with Crippen LogP contribution in [0, 0.1) is 17.0 Å². The first-order valence-corrected chi connectivity index (χ1v) is 7.91. The number of hydrogen-bond donors (Lipinski definition) is 1. The summed E-state index contributed by atoms with van der Waals surface area (Å²) in [7, 11) is 0. The molecule has 0 aliphatic heterocycles. The molecular formula is C13H16Cl2N6O3. The maximum absolute atomic E-state index is 12.0. The summed E-state index contributed by atoms with van der Waals surface area (Å²) in [4.78, 5) is 22.1. The first kappa shape index (κ1) is 18.2. The normalized spacial score (nSPS) is 12.2. The van der Waals surface area contributed by atoms with Crippen molar-refractivity contribution < 1.29 is 9.72 Å². The third-order valence-electron chi connectivity index (χ3n) is 3.42. The van der Waals surface area contributed by atoms with Gasteiger partial charge < -0.3 is 5.32 Å². The van der Waals surface area contributed by atoms with E-state index in [0.29, 0.717) is 35.4 Å². The van der Waals surface area contributed by atoms with Gasteiger partial charge in [-0.2, -0.15) is 10.2 Å². The van der Waals surface area contributed by atoms with Crippen LogP contribution in [0.5, 0.6) is 0 Å². The van der Waals surface area contributed by atoms with Gasteiger partial charge in [-0.15, -0.1) is 0 Å². The Kier molecular flexibility index (Phi) is 5.79. The van der Waals surface area contributed by atoms with Crippen LogP contribution in [-0.4, -0.2) is 36.9 Å². The molecule has 1 amide bonds. The fourth-order valence-corrected chi connectivity index (χ4v) is 2.42. The zero-order valence-electron chi connectivity index (χ0n) is 13.1. The van der Waals surface area contributed by atoms with E-state index >= 15 is 0 Å². The van der Waals surface area contributed by atoms with Gasteiger partial charge in [-0.3, -0.25) is 24.3 Å². The molecular weight excluding hydrogens is 359 g/mol. The van der Waals surface area contributed by atoms with Gasteiger partial charge in [-0.25, -0.2) is 0 Å². The minimum absolute atomic E-state index is 0.157. The van der Waals surface area contributed by atoms with Crippen molar-refractivity contribution in [1.29, 1.82) is 0 Å². The van der Waals surface area contributed by atoms with Gasteiger partial charge in [0, 0.05) is 13.1 Å². The molecule has 0 saturated heterocycles. The summed E-state index contributed by atoms with van der Waals surface area (Å²) in [6.07, 6.45) is 2.93. The van der Waals surface area contributed by atoms with Gasteiger partial charge in [0.2, 0.25) is 5.91 Å². The molecule has 0 saturated carbocycles. The third-order valence-corrected chi connectivity index (χ3v) is 4.35. The maximum Gasteiger partial charge on any atom is 0.307 e. The van der Waals surface area contributed by atoms with Gasteiger partial charge in [0.15, 0.2) is 0 Å². The number of carbonyl (C=O) groups is 1. The van der Waals surface area contributed by atoms with Crippen molar-refractivity contribution in [1.82, 2.24) is 24.9 Å². The number of hydrogen-bond acceptors (Lipinski definition) is 5. The summed E-state index contributed by atoms with van der Waals surface area (Å²) in [5.41, 5.74) is 0.495. The highest BCUT2D eigenvalue weighted by molar-refractivity contribution is 6.41. The van der Waals surface area contributed by atoms with Crippen LogP contribution in [0.4, 0.5) is 5.69 Å². The molecule has 0 aliphatic carbocycles. The van der Waals surface area contributed by atoms with Crippen LogP contribution < -0.4 is 5.32 Å². The number of rotatable bonds is 7. The van der Waals surface area contributed by atoms with E-state index < -0.39 is 11.0 Å². The molecule has 0 bridgehead atoms. The molecule has 2 heterocycles. The van der Waals surface area contributed by atoms with E-state index in [1.807, 2.05) is 0 Å². The molecule has 0 spiro atoms. The highest BCUT2D eigenvalue weighted by Crippen LogP contribution is 2.24. The van der Waals surface area contributed by atoms with Crippen molar-refractivity contribution in [2.75, 3.05) is 6.54 Å². The zero-order chi connectivity index (χ0) is 17.9. The maximum atomic E-state index is 12.0. The van der Waals surface area contributed by atoms with Gasteiger partial charge in [0.25, 0.3) is 0 Å². The summed E-state index contributed by atoms with van der Waals surface area (Å²) in [6.45, 7) is 4.28. The molecule has 0 radical (unpaired) electrons. The second-order valence-corrected chi connectivity index (χ2v) is 5.91. The lowest BCUT2D eigenvalue weighted by molar-refractivity contribution is -0.385. The summed E-state index contributed by atoms with van der Waals surface area (Å²) < 4.78 is 2.83. The van der Waals surface area contributed by atoms with Gasteiger partial charge in [-0.1, -0.05) is 23.2 Å². The highest BCUT2D eigenvalue weighted by Gasteiger charge is 2.18. The number of aryl methyl sites for hydroxylation is 2. The Bertz CT molecular complexity index is 757. The molecule has 0 aliphatic rings. The largest absolute Gasteiger partial charge is 0.354 e. The molecule has 0 fully saturated rings. The van der Waals surface area contributed by atoms with Gasteiger partial charge in [0.05, 0.1) is 10.6 Å². The third kappa shape index (κ3) is 4.04. The molecule has 2 aromatic rings. The standard InChI is InChI=1S/C13H16Cl2N6O3/c1-8-11(14)12(15)19(18-8)5-3-4-16-13(22)9(2)20-7-10(6-17-20)21(23)24/h6-7,9H,3-5H2,1-2H3,(H,16,22). The number of amides is 1. The van der Waals surface area contributed by atoms with E-state index in [1.54, 1.807) is 18.5 Å². The average Bonchev–Trinajstić information content (AvgIpc) is 3.12. The molecule has 2 rings (SSSR count). The first-order chi connectivity index (χ1) is 11.3. The van der Waals surface area contributed by atoms with Crippen LogP contribution in [-0.2, 0) is 11.3 Å². The fourth-order valence-electron chi connectivity index (χ4n) is 2.02. The van der Waals surface area contributed by atoms with Crippen LogP contribution in [0.15, 0.2) is 12.4 Å². The predicted octanol–water partition coefficient (Wildman–Crippen LogP) is 2.37. The van der Waals surface area contributed by atoms with E-state index in [0.717, 1.165) is 6.20 Å². The van der Waals surface area contributed by atoms with Crippen molar-refractivity contribution in [2.45, 2.75) is 32.9 Å². The number of nitrogens with zero attached hydrogens (tertiary/aromatic N) is 5. The SMILES string of the molecule is Cc1nn(CCCNC(=O)C(C)n2cc([N+](=O)[O-])cn2)c(Cl)c1Cl. The smallest absolute Gasteiger partial charge is 0.307 e. The Morgan fingerprint density at radius 2 is 2.21 bits per heavy atom. The minimum atomic E-state index is -0.649. The summed E-state index contributed by atoms with van der Waals surface area (Å²) in [5, 5.41) is 22.2. The molecule has 1 unspecified atom stereocenters. The number of nitrogens with one attached hydrogen (secondary N) is 1. The van der Waals surface area contributed by atoms with E-state index in [9.17, 15) is 14.9 Å². The van der Waals surface area contributed by atoms with Crippen molar-refractivity contribution in [2.24, 2.45) is 0 Å². The van der Waals surface area contributed by atoms with Crippen molar-refractivity contribution in [3.63, 3.8) is 0 Å². The van der Waals surface area contributed by atoms with Crippen LogP contribution in [0.2, 0.25) is 10.2 Å². The molecule has 2 aromatic heterocycles. The summed E-state index contributed by atoms with van der Waals surface area (Å²) in [6, 6.07) is -0.649. The Labute approximate surface area is 147 Å². The van der Waals surface area contributed by atoms with Crippen LogP contribution in [0.25, 0.3) is 0 Å². The molecule has 24 heavy (non-hydrogen) atoms. The monoisotopic (exact) mass is 374 g/mol. The predicted molar refractivity (Wildman–Crippen MR) is 88.2 cm³/mol. The topological polar surface area (TPSA) is 108 Å². The second-order valence-electron chi connectivity index (χ2n) is 5.17.